The van der Waals surface area contributed by atoms with Gasteiger partial charge in [0.05, 0.1) is 0 Å². The summed E-state index contributed by atoms with van der Waals surface area (Å²) in [5, 5.41) is 0.894. The van der Waals surface area contributed by atoms with E-state index in [2.05, 4.69) is 9.97 Å². The predicted octanol–water partition coefficient (Wildman–Crippen LogP) is 1.77. The fourth-order valence-electron chi connectivity index (χ4n) is 1.26. The highest BCUT2D eigenvalue weighted by Crippen LogP contribution is 2.14. The van der Waals surface area contributed by atoms with Gasteiger partial charge in [0.25, 0.3) is 0 Å². The molecule has 0 radical (unpaired) electrons. The molecule has 1 N–H and O–H groups in total. The van der Waals surface area contributed by atoms with E-state index in [0.29, 0.717) is 5.69 Å². The lowest BCUT2D eigenvalue weighted by Gasteiger charge is -1.95. The van der Waals surface area contributed by atoms with Crippen LogP contribution in [0.25, 0.3) is 10.9 Å². The van der Waals surface area contributed by atoms with Crippen molar-refractivity contribution >= 4 is 16.7 Å². The average molecular weight is 160 g/mol. The van der Waals surface area contributed by atoms with Gasteiger partial charge in [-0.3, -0.25) is 9.78 Å². The highest BCUT2D eigenvalue weighted by molar-refractivity contribution is 6.04. The molecule has 2 aromatic heterocycles. The molecule has 0 aliphatic carbocycles. The molecule has 0 fully saturated rings. The predicted molar refractivity (Wildman–Crippen MR) is 46.1 cm³/mol. The van der Waals surface area contributed by atoms with Crippen LogP contribution in [-0.4, -0.2) is 15.8 Å². The van der Waals surface area contributed by atoms with Crippen LogP contribution in [-0.2, 0) is 0 Å². The van der Waals surface area contributed by atoms with Gasteiger partial charge in [-0.05, 0) is 12.1 Å². The highest BCUT2D eigenvalue weighted by Gasteiger charge is 2.06. The number of H-pyrrole nitrogens is 1. The van der Waals surface area contributed by atoms with Crippen LogP contribution in [0.2, 0.25) is 0 Å². The molecule has 0 spiro atoms. The maximum Gasteiger partial charge on any atom is 0.178 e. The second kappa shape index (κ2) is 2.44. The van der Waals surface area contributed by atoms with Crippen LogP contribution in [0.5, 0.6) is 0 Å². The van der Waals surface area contributed by atoms with Crippen molar-refractivity contribution in [1.29, 1.82) is 0 Å². The summed E-state index contributed by atoms with van der Waals surface area (Å²) < 4.78 is 0. The molecule has 0 amide bonds. The minimum Gasteiger partial charge on any atom is -0.361 e. The molecule has 2 heterocycles. The van der Waals surface area contributed by atoms with Crippen molar-refractivity contribution in [2.75, 3.05) is 0 Å². The molecule has 2 rings (SSSR count). The minimum atomic E-state index is 0.000185. The number of Topliss-reactive ketones (excluding diaryl/α,β-unsaturated/α-hetero) is 1. The third kappa shape index (κ3) is 0.906. The number of rotatable bonds is 1. The van der Waals surface area contributed by atoms with Crippen molar-refractivity contribution in [3.05, 3.63) is 30.2 Å². The van der Waals surface area contributed by atoms with Gasteiger partial charge in [-0.1, -0.05) is 0 Å². The maximum atomic E-state index is 11.1. The molecule has 0 saturated heterocycles. The van der Waals surface area contributed by atoms with Gasteiger partial charge in [0.2, 0.25) is 0 Å². The van der Waals surface area contributed by atoms with Crippen LogP contribution in [0, 0.1) is 0 Å². The minimum absolute atomic E-state index is 0.000185. The van der Waals surface area contributed by atoms with Crippen LogP contribution in [0.4, 0.5) is 0 Å². The molecular weight excluding hydrogens is 152 g/mol. The number of nitrogens with zero attached hydrogens (tertiary/aromatic N) is 1. The molecule has 0 unspecified atom stereocenters. The summed E-state index contributed by atoms with van der Waals surface area (Å²) >= 11 is 0. The number of aromatic nitrogens is 2. The Bertz CT molecular complexity index is 431. The first-order chi connectivity index (χ1) is 5.79. The third-order valence-corrected chi connectivity index (χ3v) is 1.81. The topological polar surface area (TPSA) is 45.8 Å². The Hall–Kier alpha value is -1.64. The van der Waals surface area contributed by atoms with Gasteiger partial charge < -0.3 is 4.98 Å². The van der Waals surface area contributed by atoms with E-state index >= 15 is 0 Å². The van der Waals surface area contributed by atoms with Crippen LogP contribution in [0.3, 0.4) is 0 Å². The number of carbonyl (C=O) groups excluding carboxylic acids is 1. The van der Waals surface area contributed by atoms with Crippen molar-refractivity contribution in [1.82, 2.24) is 9.97 Å². The van der Waals surface area contributed by atoms with Crippen molar-refractivity contribution in [3.63, 3.8) is 0 Å². The van der Waals surface area contributed by atoms with E-state index in [0.717, 1.165) is 10.9 Å². The first-order valence-electron chi connectivity index (χ1n) is 3.72. The second-order valence-electron chi connectivity index (χ2n) is 2.65. The van der Waals surface area contributed by atoms with Crippen molar-refractivity contribution in [2.24, 2.45) is 0 Å². The number of pyridine rings is 1. The Kier molecular flexibility index (Phi) is 1.43. The number of aromatic amines is 1. The molecule has 3 nitrogen and oxygen atoms in total. The van der Waals surface area contributed by atoms with Crippen LogP contribution in [0.15, 0.2) is 24.5 Å². The van der Waals surface area contributed by atoms with E-state index in [9.17, 15) is 4.79 Å². The zero-order valence-corrected chi connectivity index (χ0v) is 6.66. The second-order valence-corrected chi connectivity index (χ2v) is 2.65. The molecule has 12 heavy (non-hydrogen) atoms. The van der Waals surface area contributed by atoms with Gasteiger partial charge >= 0.3 is 0 Å². The average Bonchev–Trinajstić information content (AvgIpc) is 2.49. The Labute approximate surface area is 69.4 Å². The molecule has 0 atom stereocenters. The Balaban J connectivity index is 2.82. The third-order valence-electron chi connectivity index (χ3n) is 1.81. The summed E-state index contributed by atoms with van der Waals surface area (Å²) in [4.78, 5) is 18.1. The normalized spacial score (nSPS) is 10.4. The smallest absolute Gasteiger partial charge is 0.178 e. The van der Waals surface area contributed by atoms with Gasteiger partial charge in [-0.25, -0.2) is 0 Å². The quantitative estimate of drug-likeness (QED) is 0.646. The zero-order chi connectivity index (χ0) is 8.55. The van der Waals surface area contributed by atoms with Gasteiger partial charge in [-0.15, -0.1) is 0 Å². The van der Waals surface area contributed by atoms with Crippen molar-refractivity contribution < 1.29 is 4.79 Å². The van der Waals surface area contributed by atoms with E-state index < -0.39 is 0 Å². The summed E-state index contributed by atoms with van der Waals surface area (Å²) in [6, 6.07) is 3.71. The summed E-state index contributed by atoms with van der Waals surface area (Å²) in [5.41, 5.74) is 1.49. The fourth-order valence-corrected chi connectivity index (χ4v) is 1.26. The van der Waals surface area contributed by atoms with E-state index in [1.165, 1.54) is 6.92 Å². The number of nitrogens with one attached hydrogen (secondary N) is 1. The number of fused-ring (bicyclic) bond motifs is 1. The molecule has 0 aliphatic rings. The fraction of sp³-hybridized carbons (Fsp3) is 0.111. The lowest BCUT2D eigenvalue weighted by molar-refractivity contribution is 0.101. The van der Waals surface area contributed by atoms with Crippen LogP contribution in [0.1, 0.15) is 17.4 Å². The summed E-state index contributed by atoms with van der Waals surface area (Å²) in [7, 11) is 0. The Morgan fingerprint density at radius 1 is 1.50 bits per heavy atom. The summed E-state index contributed by atoms with van der Waals surface area (Å²) in [6.07, 6.45) is 3.44. The van der Waals surface area contributed by atoms with E-state index in [-0.39, 0.29) is 5.78 Å². The largest absolute Gasteiger partial charge is 0.361 e. The van der Waals surface area contributed by atoms with Crippen LogP contribution < -0.4 is 0 Å². The molecular formula is C9H8N2O. The van der Waals surface area contributed by atoms with Crippen molar-refractivity contribution in [2.45, 2.75) is 6.92 Å². The number of ketones is 1. The maximum absolute atomic E-state index is 11.1. The molecule has 0 saturated carbocycles. The Morgan fingerprint density at radius 3 is 3.08 bits per heavy atom. The molecule has 0 aromatic carbocycles. The van der Waals surface area contributed by atoms with Crippen LogP contribution >= 0.6 is 0 Å². The van der Waals surface area contributed by atoms with Gasteiger partial charge in [0.1, 0.15) is 5.69 Å². The van der Waals surface area contributed by atoms with Gasteiger partial charge in [0.15, 0.2) is 5.78 Å². The molecule has 2 aromatic rings. The lowest BCUT2D eigenvalue weighted by atomic mass is 10.2. The SMILES string of the molecule is CC(=O)c1nccc2[nH]ccc12. The van der Waals surface area contributed by atoms with E-state index in [4.69, 9.17) is 0 Å². The van der Waals surface area contributed by atoms with Gasteiger partial charge in [-0.2, -0.15) is 0 Å². The summed E-state index contributed by atoms with van der Waals surface area (Å²) in [6.45, 7) is 1.52. The lowest BCUT2D eigenvalue weighted by Crippen LogP contribution is -1.95. The molecule has 0 bridgehead atoms. The standard InChI is InChI=1S/C9H8N2O/c1-6(12)9-7-2-4-10-8(7)3-5-11-9/h2-5,10H,1H3. The Morgan fingerprint density at radius 2 is 2.33 bits per heavy atom. The molecule has 3 heteroatoms. The first kappa shape index (κ1) is 7.03. The van der Waals surface area contributed by atoms with E-state index in [1.807, 2.05) is 12.1 Å². The number of hydrogen-bond donors (Lipinski definition) is 1. The summed E-state index contributed by atoms with van der Waals surface area (Å²) in [5.74, 6) is 0.000185. The molecule has 0 aliphatic heterocycles. The van der Waals surface area contributed by atoms with Crippen molar-refractivity contribution in [3.8, 4) is 0 Å². The van der Waals surface area contributed by atoms with E-state index in [1.54, 1.807) is 12.4 Å². The first-order valence-corrected chi connectivity index (χ1v) is 3.72. The highest BCUT2D eigenvalue weighted by atomic mass is 16.1. The number of carbonyl (C=O) groups is 1. The number of hydrogen-bond acceptors (Lipinski definition) is 2. The molecule has 60 valence electrons. The van der Waals surface area contributed by atoms with Gasteiger partial charge in [0, 0.05) is 30.2 Å². The zero-order valence-electron chi connectivity index (χ0n) is 6.66. The monoisotopic (exact) mass is 160 g/mol.